The zero-order valence-corrected chi connectivity index (χ0v) is 50.0. The van der Waals surface area contributed by atoms with Crippen LogP contribution in [0.1, 0.15) is 309 Å². The summed E-state index contributed by atoms with van der Waals surface area (Å²) in [6.07, 6.45) is 58.3. The summed E-state index contributed by atoms with van der Waals surface area (Å²) in [6, 6.07) is -1.18. The zero-order chi connectivity index (χ0) is 56.1. The maximum atomic E-state index is 13.2. The van der Waals surface area contributed by atoms with Gasteiger partial charge in [-0.15, -0.1) is 0 Å². The highest BCUT2D eigenvalue weighted by atomic mass is 16.7. The van der Waals surface area contributed by atoms with Crippen molar-refractivity contribution < 1.29 is 50.0 Å². The van der Waals surface area contributed by atoms with Crippen molar-refractivity contribution in [3.8, 4) is 0 Å². The molecule has 9 unspecified atom stereocenters. The number of hydrogen-bond donors (Lipinski definition) is 8. The molecule has 0 aromatic heterocycles. The highest BCUT2D eigenvalue weighted by Crippen LogP contribution is 2.24. The highest BCUT2D eigenvalue weighted by molar-refractivity contribution is 5.80. The summed E-state index contributed by atoms with van der Waals surface area (Å²) < 4.78 is 11.1. The molecule has 0 saturated carbocycles. The first-order chi connectivity index (χ1) is 37.7. The molecule has 1 rings (SSSR count). The second-order valence-corrected chi connectivity index (χ2v) is 23.2. The Bertz CT molecular complexity index is 1350. The van der Waals surface area contributed by atoms with Gasteiger partial charge in [0.2, 0.25) is 5.91 Å². The van der Waals surface area contributed by atoms with Gasteiger partial charge in [0.1, 0.15) is 36.6 Å². The van der Waals surface area contributed by atoms with Crippen molar-refractivity contribution in [1.82, 2.24) is 5.32 Å². The van der Waals surface area contributed by atoms with Crippen LogP contribution in [0.4, 0.5) is 0 Å². The minimum atomic E-state index is -1.67. The third-order valence-electron chi connectivity index (χ3n) is 15.9. The molecular formula is C66H125NO10. The SMILES string of the molecule is CCCCCCCCC/C=C/CCCC(O)C(O)C(COC1OC(CO)C(O)C(O)C1O)NC(=O)C(O)CCCCCCCCCCCCCCCCCC/C=C\C/C=C\CCCCCCCCCCCCCCCCC. The lowest BCUT2D eigenvalue weighted by Gasteiger charge is -2.40. The largest absolute Gasteiger partial charge is 0.394 e. The van der Waals surface area contributed by atoms with E-state index in [0.29, 0.717) is 12.8 Å². The first kappa shape index (κ1) is 73.3. The number of unbranched alkanes of at least 4 members (excludes halogenated alkanes) is 39. The predicted octanol–water partition coefficient (Wildman–Crippen LogP) is 15.0. The Labute approximate surface area is 473 Å². The van der Waals surface area contributed by atoms with Gasteiger partial charge in [-0.25, -0.2) is 0 Å². The van der Waals surface area contributed by atoms with Crippen molar-refractivity contribution in [3.05, 3.63) is 36.5 Å². The molecular weight excluding hydrogens is 967 g/mol. The zero-order valence-electron chi connectivity index (χ0n) is 50.0. The number of amides is 1. The third kappa shape index (κ3) is 42.8. The average Bonchev–Trinajstić information content (AvgIpc) is 3.43. The van der Waals surface area contributed by atoms with Gasteiger partial charge < -0.3 is 50.5 Å². The molecule has 9 atom stereocenters. The average molecular weight is 1090 g/mol. The minimum absolute atomic E-state index is 0.255. The van der Waals surface area contributed by atoms with Crippen LogP contribution in [0.2, 0.25) is 0 Å². The van der Waals surface area contributed by atoms with Crippen molar-refractivity contribution in [3.63, 3.8) is 0 Å². The van der Waals surface area contributed by atoms with Crippen LogP contribution in [0.15, 0.2) is 36.5 Å². The molecule has 1 heterocycles. The van der Waals surface area contributed by atoms with E-state index >= 15 is 0 Å². The van der Waals surface area contributed by atoms with E-state index < -0.39 is 74.2 Å². The number of aliphatic hydroxyl groups excluding tert-OH is 7. The van der Waals surface area contributed by atoms with E-state index in [1.54, 1.807) is 0 Å². The molecule has 1 saturated heterocycles. The number of hydrogen-bond acceptors (Lipinski definition) is 10. The van der Waals surface area contributed by atoms with E-state index in [2.05, 4.69) is 55.6 Å². The molecule has 0 spiro atoms. The molecule has 11 heteroatoms. The normalized spacial score (nSPS) is 19.7. The van der Waals surface area contributed by atoms with Gasteiger partial charge in [0, 0.05) is 0 Å². The van der Waals surface area contributed by atoms with E-state index in [1.807, 2.05) is 0 Å². The standard InChI is InChI=1S/C66H125NO10/c1-3-5-7-9-11-13-15-17-18-19-20-21-22-23-24-25-26-27-28-29-30-31-32-33-34-35-36-37-38-39-40-41-42-44-46-48-50-52-54-59(70)65(75)67-57(56-76-66-64(74)63(73)62(72)60(55-68)77-66)61(71)58(69)53-51-49-47-45-43-16-14-12-10-8-6-4-2/h26-27,29-30,45,47,57-64,66,68-74H,3-25,28,31-44,46,48-56H2,1-2H3,(H,67,75)/b27-26-,30-29-,47-45+. The fourth-order valence-corrected chi connectivity index (χ4v) is 10.6. The van der Waals surface area contributed by atoms with E-state index in [4.69, 9.17) is 9.47 Å². The van der Waals surface area contributed by atoms with Crippen LogP contribution in [0, 0.1) is 0 Å². The smallest absolute Gasteiger partial charge is 0.249 e. The maximum absolute atomic E-state index is 13.2. The monoisotopic (exact) mass is 1090 g/mol. The minimum Gasteiger partial charge on any atom is -0.394 e. The Hall–Kier alpha value is -1.67. The number of ether oxygens (including phenoxy) is 2. The third-order valence-corrected chi connectivity index (χ3v) is 15.9. The Morgan fingerprint density at radius 1 is 0.455 bits per heavy atom. The highest BCUT2D eigenvalue weighted by Gasteiger charge is 2.44. The topological polar surface area (TPSA) is 189 Å². The lowest BCUT2D eigenvalue weighted by Crippen LogP contribution is -2.60. The molecule has 0 radical (unpaired) electrons. The van der Waals surface area contributed by atoms with Gasteiger partial charge >= 0.3 is 0 Å². The maximum Gasteiger partial charge on any atom is 0.249 e. The number of allylic oxidation sites excluding steroid dienone is 6. The van der Waals surface area contributed by atoms with Crippen LogP contribution in [-0.4, -0.2) is 110 Å². The predicted molar refractivity (Wildman–Crippen MR) is 321 cm³/mol. The number of nitrogens with one attached hydrogen (secondary N) is 1. The number of carbonyl (C=O) groups excluding carboxylic acids is 1. The molecule has 1 fully saturated rings. The van der Waals surface area contributed by atoms with E-state index in [1.165, 1.54) is 225 Å². The summed E-state index contributed by atoms with van der Waals surface area (Å²) in [7, 11) is 0. The van der Waals surface area contributed by atoms with Crippen molar-refractivity contribution in [2.24, 2.45) is 0 Å². The molecule has 454 valence electrons. The lowest BCUT2D eigenvalue weighted by molar-refractivity contribution is -0.303. The van der Waals surface area contributed by atoms with Gasteiger partial charge in [-0.3, -0.25) is 4.79 Å². The number of carbonyl (C=O) groups is 1. The van der Waals surface area contributed by atoms with Crippen molar-refractivity contribution in [1.29, 1.82) is 0 Å². The molecule has 0 bridgehead atoms. The van der Waals surface area contributed by atoms with Crippen molar-refractivity contribution in [2.45, 2.75) is 364 Å². The van der Waals surface area contributed by atoms with Gasteiger partial charge in [0.05, 0.1) is 25.4 Å². The Kier molecular flexibility index (Phi) is 52.3. The Balaban J connectivity index is 2.11. The van der Waals surface area contributed by atoms with Gasteiger partial charge in [-0.05, 0) is 70.6 Å². The van der Waals surface area contributed by atoms with E-state index in [9.17, 15) is 40.5 Å². The molecule has 0 aliphatic carbocycles. The summed E-state index contributed by atoms with van der Waals surface area (Å²) in [5, 5.41) is 76.0. The first-order valence-electron chi connectivity index (χ1n) is 32.9. The molecule has 77 heavy (non-hydrogen) atoms. The summed E-state index contributed by atoms with van der Waals surface area (Å²) in [4.78, 5) is 13.2. The second kappa shape index (κ2) is 54.9. The number of aliphatic hydroxyl groups is 7. The molecule has 1 aliphatic heterocycles. The van der Waals surface area contributed by atoms with Crippen LogP contribution in [0.5, 0.6) is 0 Å². The summed E-state index contributed by atoms with van der Waals surface area (Å²) >= 11 is 0. The molecule has 1 amide bonds. The van der Waals surface area contributed by atoms with Gasteiger partial charge in [0.15, 0.2) is 6.29 Å². The van der Waals surface area contributed by atoms with Crippen LogP contribution >= 0.6 is 0 Å². The Morgan fingerprint density at radius 3 is 1.19 bits per heavy atom. The fourth-order valence-electron chi connectivity index (χ4n) is 10.6. The Morgan fingerprint density at radius 2 is 0.805 bits per heavy atom. The number of rotatable bonds is 57. The summed E-state index contributed by atoms with van der Waals surface area (Å²) in [5.41, 5.74) is 0. The fraction of sp³-hybridized carbons (Fsp3) is 0.894. The summed E-state index contributed by atoms with van der Waals surface area (Å²) in [6.45, 7) is 3.45. The van der Waals surface area contributed by atoms with Crippen LogP contribution < -0.4 is 5.32 Å². The van der Waals surface area contributed by atoms with Crippen molar-refractivity contribution in [2.75, 3.05) is 13.2 Å². The van der Waals surface area contributed by atoms with Crippen LogP contribution in [0.25, 0.3) is 0 Å². The van der Waals surface area contributed by atoms with E-state index in [-0.39, 0.29) is 12.8 Å². The quantitative estimate of drug-likeness (QED) is 0.0215. The van der Waals surface area contributed by atoms with Crippen molar-refractivity contribution >= 4 is 5.91 Å². The van der Waals surface area contributed by atoms with E-state index in [0.717, 1.165) is 44.9 Å². The van der Waals surface area contributed by atoms with Crippen LogP contribution in [0.3, 0.4) is 0 Å². The molecule has 11 nitrogen and oxygen atoms in total. The molecule has 8 N–H and O–H groups in total. The lowest BCUT2D eigenvalue weighted by atomic mass is 9.98. The molecule has 0 aromatic rings. The van der Waals surface area contributed by atoms with Gasteiger partial charge in [-0.1, -0.05) is 275 Å². The first-order valence-corrected chi connectivity index (χ1v) is 32.9. The second-order valence-electron chi connectivity index (χ2n) is 23.2. The van der Waals surface area contributed by atoms with Gasteiger partial charge in [-0.2, -0.15) is 0 Å². The molecule has 1 aliphatic rings. The van der Waals surface area contributed by atoms with Gasteiger partial charge in [0.25, 0.3) is 0 Å². The molecule has 0 aromatic carbocycles. The summed E-state index contributed by atoms with van der Waals surface area (Å²) in [5.74, 6) is -0.704. The van der Waals surface area contributed by atoms with Crippen LogP contribution in [-0.2, 0) is 14.3 Å².